The first kappa shape index (κ1) is 11.3. The Bertz CT molecular complexity index is 238. The van der Waals surface area contributed by atoms with E-state index in [1.807, 2.05) is 4.90 Å². The summed E-state index contributed by atoms with van der Waals surface area (Å²) in [4.78, 5) is 13.9. The van der Waals surface area contributed by atoms with Crippen LogP contribution >= 0.6 is 0 Å². The highest BCUT2D eigenvalue weighted by Crippen LogP contribution is 2.24. The van der Waals surface area contributed by atoms with Gasteiger partial charge in [-0.3, -0.25) is 4.79 Å². The van der Waals surface area contributed by atoms with Crippen molar-refractivity contribution in [3.8, 4) is 0 Å². The van der Waals surface area contributed by atoms with Gasteiger partial charge in [-0.1, -0.05) is 32.9 Å². The van der Waals surface area contributed by atoms with E-state index in [1.54, 1.807) is 0 Å². The fourth-order valence-corrected chi connectivity index (χ4v) is 1.88. The lowest BCUT2D eigenvalue weighted by Crippen LogP contribution is -2.40. The Kier molecular flexibility index (Phi) is 3.03. The quantitative estimate of drug-likeness (QED) is 0.589. The molecule has 1 amide bonds. The van der Waals surface area contributed by atoms with E-state index in [2.05, 4.69) is 46.8 Å². The molecular weight excluding hydrogens is 174 g/mol. The molecule has 0 saturated carbocycles. The molecule has 2 atom stereocenters. The minimum Gasteiger partial charge on any atom is -0.330 e. The average molecular weight is 195 g/mol. The lowest BCUT2D eigenvalue weighted by atomic mass is 9.91. The van der Waals surface area contributed by atoms with Gasteiger partial charge in [0, 0.05) is 18.5 Å². The smallest absolute Gasteiger partial charge is 0.224 e. The van der Waals surface area contributed by atoms with Crippen molar-refractivity contribution in [3.63, 3.8) is 0 Å². The Morgan fingerprint density at radius 1 is 1.21 bits per heavy atom. The molecule has 0 aromatic heterocycles. The van der Waals surface area contributed by atoms with Crippen molar-refractivity contribution in [2.75, 3.05) is 0 Å². The van der Waals surface area contributed by atoms with Crippen LogP contribution in [0.25, 0.3) is 0 Å². The molecule has 0 aliphatic carbocycles. The van der Waals surface area contributed by atoms with E-state index >= 15 is 0 Å². The molecule has 0 bridgehead atoms. The lowest BCUT2D eigenvalue weighted by Gasteiger charge is -2.29. The molecule has 0 fully saturated rings. The second-order valence-corrected chi connectivity index (χ2v) is 5.40. The number of nitrogens with zero attached hydrogens (tertiary/aromatic N) is 1. The third-order valence-corrected chi connectivity index (χ3v) is 2.52. The Morgan fingerprint density at radius 2 is 1.64 bits per heavy atom. The molecular formula is C12H21NO. The fourth-order valence-electron chi connectivity index (χ4n) is 1.88. The van der Waals surface area contributed by atoms with E-state index in [1.165, 1.54) is 0 Å². The van der Waals surface area contributed by atoms with Crippen LogP contribution in [-0.2, 0) is 4.79 Å². The van der Waals surface area contributed by atoms with E-state index in [0.29, 0.717) is 6.42 Å². The average Bonchev–Trinajstić information content (AvgIpc) is 2.27. The summed E-state index contributed by atoms with van der Waals surface area (Å²) in [6.07, 6.45) is 4.83. The molecule has 2 unspecified atom stereocenters. The first-order valence-corrected chi connectivity index (χ1v) is 5.31. The Labute approximate surface area is 87.0 Å². The molecule has 0 N–H and O–H groups in total. The molecule has 0 aromatic carbocycles. The molecule has 2 nitrogen and oxygen atoms in total. The van der Waals surface area contributed by atoms with Gasteiger partial charge in [-0.2, -0.15) is 0 Å². The number of hydrogen-bond donors (Lipinski definition) is 0. The number of carbonyl (C=O) groups is 1. The molecule has 0 aromatic rings. The zero-order valence-electron chi connectivity index (χ0n) is 9.87. The number of carbonyl (C=O) groups excluding carboxylic acids is 1. The van der Waals surface area contributed by atoms with Crippen molar-refractivity contribution < 1.29 is 4.79 Å². The second-order valence-electron chi connectivity index (χ2n) is 5.40. The number of amides is 1. The first-order valence-electron chi connectivity index (χ1n) is 5.31. The van der Waals surface area contributed by atoms with E-state index < -0.39 is 0 Å². The molecule has 0 spiro atoms. The van der Waals surface area contributed by atoms with Gasteiger partial charge in [0.25, 0.3) is 0 Å². The van der Waals surface area contributed by atoms with Crippen molar-refractivity contribution in [3.05, 3.63) is 12.2 Å². The zero-order chi connectivity index (χ0) is 10.9. The van der Waals surface area contributed by atoms with Gasteiger partial charge in [0.15, 0.2) is 0 Å². The molecule has 0 radical (unpaired) electrons. The van der Waals surface area contributed by atoms with Crippen LogP contribution in [0.15, 0.2) is 12.2 Å². The topological polar surface area (TPSA) is 20.3 Å². The number of rotatable bonds is 1. The minimum absolute atomic E-state index is 0.0825. The summed E-state index contributed by atoms with van der Waals surface area (Å²) in [6, 6.07) is 0.527. The normalized spacial score (nSPS) is 27.1. The van der Waals surface area contributed by atoms with E-state index in [0.717, 1.165) is 0 Å². The van der Waals surface area contributed by atoms with Crippen molar-refractivity contribution in [2.24, 2.45) is 5.41 Å². The Balaban J connectivity index is 2.62. The summed E-state index contributed by atoms with van der Waals surface area (Å²) in [5, 5.41) is 0. The highest BCUT2D eigenvalue weighted by molar-refractivity contribution is 5.78. The van der Waals surface area contributed by atoms with Gasteiger partial charge in [-0.05, 0) is 19.3 Å². The third kappa shape index (κ3) is 2.60. The molecule has 2 heteroatoms. The van der Waals surface area contributed by atoms with E-state index in [9.17, 15) is 4.79 Å². The van der Waals surface area contributed by atoms with Crippen LogP contribution in [0.1, 0.15) is 41.0 Å². The summed E-state index contributed by atoms with van der Waals surface area (Å²) in [6.45, 7) is 10.4. The monoisotopic (exact) mass is 195 g/mol. The van der Waals surface area contributed by atoms with E-state index in [-0.39, 0.29) is 23.4 Å². The van der Waals surface area contributed by atoms with Crippen molar-refractivity contribution in [2.45, 2.75) is 53.1 Å². The highest BCUT2D eigenvalue weighted by Gasteiger charge is 2.29. The van der Waals surface area contributed by atoms with Gasteiger partial charge in [-0.25, -0.2) is 0 Å². The van der Waals surface area contributed by atoms with Crippen LogP contribution in [-0.4, -0.2) is 22.9 Å². The van der Waals surface area contributed by atoms with Crippen LogP contribution < -0.4 is 0 Å². The van der Waals surface area contributed by atoms with Crippen molar-refractivity contribution in [1.82, 2.24) is 4.90 Å². The Morgan fingerprint density at radius 3 is 2.00 bits per heavy atom. The van der Waals surface area contributed by atoms with Gasteiger partial charge >= 0.3 is 0 Å². The van der Waals surface area contributed by atoms with Gasteiger partial charge < -0.3 is 4.90 Å². The SMILES string of the molecule is CC1C=CC(C)N1C(=O)CC(C)(C)C. The van der Waals surface area contributed by atoms with Crippen molar-refractivity contribution >= 4 is 5.91 Å². The largest absolute Gasteiger partial charge is 0.330 e. The van der Waals surface area contributed by atoms with Gasteiger partial charge in [0.1, 0.15) is 0 Å². The van der Waals surface area contributed by atoms with Crippen molar-refractivity contribution in [1.29, 1.82) is 0 Å². The van der Waals surface area contributed by atoms with Crippen LogP contribution in [0.5, 0.6) is 0 Å². The van der Waals surface area contributed by atoms with Gasteiger partial charge in [0.2, 0.25) is 5.91 Å². The van der Waals surface area contributed by atoms with Crippen LogP contribution in [0, 0.1) is 5.41 Å². The second kappa shape index (κ2) is 3.76. The fraction of sp³-hybridized carbons (Fsp3) is 0.750. The summed E-state index contributed by atoms with van der Waals surface area (Å²) >= 11 is 0. The summed E-state index contributed by atoms with van der Waals surface area (Å²) in [7, 11) is 0. The van der Waals surface area contributed by atoms with Crippen LogP contribution in [0.4, 0.5) is 0 Å². The molecule has 80 valence electrons. The summed E-state index contributed by atoms with van der Waals surface area (Å²) in [5.74, 6) is 0.266. The lowest BCUT2D eigenvalue weighted by molar-refractivity contribution is -0.134. The predicted molar refractivity (Wildman–Crippen MR) is 59.0 cm³/mol. The minimum atomic E-state index is 0.0825. The summed E-state index contributed by atoms with van der Waals surface area (Å²) < 4.78 is 0. The predicted octanol–water partition coefficient (Wildman–Crippen LogP) is 2.60. The number of hydrogen-bond acceptors (Lipinski definition) is 1. The molecule has 0 saturated heterocycles. The maximum absolute atomic E-state index is 12.0. The molecule has 1 rings (SSSR count). The maximum Gasteiger partial charge on any atom is 0.224 e. The molecule has 1 aliphatic heterocycles. The zero-order valence-corrected chi connectivity index (χ0v) is 9.87. The van der Waals surface area contributed by atoms with Crippen LogP contribution in [0.3, 0.4) is 0 Å². The van der Waals surface area contributed by atoms with Crippen LogP contribution in [0.2, 0.25) is 0 Å². The summed E-state index contributed by atoms with van der Waals surface area (Å²) in [5.41, 5.74) is 0.0825. The Hall–Kier alpha value is -0.790. The standard InChI is InChI=1S/C12H21NO/c1-9-6-7-10(2)13(9)11(14)8-12(3,4)5/h6-7,9-10H,8H2,1-5H3. The van der Waals surface area contributed by atoms with Gasteiger partial charge in [0.05, 0.1) is 0 Å². The van der Waals surface area contributed by atoms with E-state index in [4.69, 9.17) is 0 Å². The molecule has 14 heavy (non-hydrogen) atoms. The maximum atomic E-state index is 12.0. The van der Waals surface area contributed by atoms with Gasteiger partial charge in [-0.15, -0.1) is 0 Å². The third-order valence-electron chi connectivity index (χ3n) is 2.52. The highest BCUT2D eigenvalue weighted by atomic mass is 16.2. The molecule has 1 aliphatic rings. The molecule has 1 heterocycles. The first-order chi connectivity index (χ1) is 6.31.